The lowest BCUT2D eigenvalue weighted by Gasteiger charge is -2.12. The van der Waals surface area contributed by atoms with Crippen LogP contribution in [0.15, 0.2) is 0 Å². The first-order chi connectivity index (χ1) is 6.45. The number of hydrogen-bond donors (Lipinski definition) is 2. The Hall–Kier alpha value is -1.26. The second kappa shape index (κ2) is 6.23. The Bertz CT molecular complexity index is 180. The lowest BCUT2D eigenvalue weighted by molar-refractivity contribution is -0.123. The Morgan fingerprint density at radius 3 is 2.07 bits per heavy atom. The van der Waals surface area contributed by atoms with Crippen LogP contribution in [-0.4, -0.2) is 44.0 Å². The van der Waals surface area contributed by atoms with Gasteiger partial charge in [-0.2, -0.15) is 0 Å². The molecule has 0 heterocycles. The number of urea groups is 1. The van der Waals surface area contributed by atoms with Gasteiger partial charge in [0, 0.05) is 33.1 Å². The number of hydrogen-bond acceptors (Lipinski definition) is 2. The van der Waals surface area contributed by atoms with E-state index in [-0.39, 0.29) is 17.9 Å². The summed E-state index contributed by atoms with van der Waals surface area (Å²) in [5, 5.41) is 5.35. The number of nitrogens with one attached hydrogen (secondary N) is 2. The second-order valence-electron chi connectivity index (χ2n) is 3.57. The van der Waals surface area contributed by atoms with E-state index in [4.69, 9.17) is 0 Å². The van der Waals surface area contributed by atoms with E-state index in [9.17, 15) is 9.59 Å². The van der Waals surface area contributed by atoms with E-state index in [0.29, 0.717) is 13.1 Å². The van der Waals surface area contributed by atoms with Crippen LogP contribution >= 0.6 is 0 Å². The average molecular weight is 201 g/mol. The number of carbonyl (C=O) groups excluding carboxylic acids is 2. The van der Waals surface area contributed by atoms with Crippen LogP contribution in [0.1, 0.15) is 13.8 Å². The summed E-state index contributed by atoms with van der Waals surface area (Å²) in [6.45, 7) is 4.58. The summed E-state index contributed by atoms with van der Waals surface area (Å²) in [5.74, 6) is -0.0105. The van der Waals surface area contributed by atoms with Crippen LogP contribution in [-0.2, 0) is 4.79 Å². The van der Waals surface area contributed by atoms with Gasteiger partial charge in [-0.1, -0.05) is 13.8 Å². The molecule has 82 valence electrons. The summed E-state index contributed by atoms with van der Waals surface area (Å²) >= 11 is 0. The monoisotopic (exact) mass is 201 g/mol. The minimum absolute atomic E-state index is 0.00380. The van der Waals surface area contributed by atoms with Crippen molar-refractivity contribution in [3.8, 4) is 0 Å². The van der Waals surface area contributed by atoms with Gasteiger partial charge in [0.05, 0.1) is 0 Å². The third-order valence-electron chi connectivity index (χ3n) is 1.63. The van der Waals surface area contributed by atoms with Crippen molar-refractivity contribution in [1.29, 1.82) is 0 Å². The van der Waals surface area contributed by atoms with E-state index in [1.807, 2.05) is 13.8 Å². The summed E-state index contributed by atoms with van der Waals surface area (Å²) in [6.07, 6.45) is 0. The van der Waals surface area contributed by atoms with Gasteiger partial charge in [0.15, 0.2) is 0 Å². The van der Waals surface area contributed by atoms with E-state index in [1.165, 1.54) is 4.90 Å². The Kier molecular flexibility index (Phi) is 5.67. The molecule has 0 atom stereocenters. The number of carbonyl (C=O) groups is 2. The van der Waals surface area contributed by atoms with E-state index in [0.717, 1.165) is 0 Å². The minimum atomic E-state index is -0.149. The maximum atomic E-state index is 11.1. The highest BCUT2D eigenvalue weighted by Gasteiger charge is 2.05. The fraction of sp³-hybridized carbons (Fsp3) is 0.778. The highest BCUT2D eigenvalue weighted by molar-refractivity contribution is 5.78. The molecule has 0 bridgehead atoms. The van der Waals surface area contributed by atoms with Gasteiger partial charge < -0.3 is 15.5 Å². The van der Waals surface area contributed by atoms with Crippen molar-refractivity contribution in [2.75, 3.05) is 27.2 Å². The van der Waals surface area contributed by atoms with Crippen molar-refractivity contribution in [2.24, 2.45) is 5.92 Å². The topological polar surface area (TPSA) is 61.4 Å². The fourth-order valence-electron chi connectivity index (χ4n) is 0.717. The van der Waals surface area contributed by atoms with E-state index in [1.54, 1.807) is 14.1 Å². The highest BCUT2D eigenvalue weighted by atomic mass is 16.2. The van der Waals surface area contributed by atoms with Gasteiger partial charge in [-0.05, 0) is 0 Å². The van der Waals surface area contributed by atoms with Gasteiger partial charge in [-0.3, -0.25) is 4.79 Å². The summed E-state index contributed by atoms with van der Waals surface area (Å²) in [7, 11) is 3.34. The normalized spacial score (nSPS) is 9.79. The first-order valence-corrected chi connectivity index (χ1v) is 4.68. The van der Waals surface area contributed by atoms with Gasteiger partial charge in [-0.15, -0.1) is 0 Å². The number of amides is 3. The maximum Gasteiger partial charge on any atom is 0.316 e. The molecule has 3 amide bonds. The fourth-order valence-corrected chi connectivity index (χ4v) is 0.717. The van der Waals surface area contributed by atoms with Gasteiger partial charge >= 0.3 is 6.03 Å². The molecule has 0 aliphatic heterocycles. The Labute approximate surface area is 84.8 Å². The van der Waals surface area contributed by atoms with Crippen LogP contribution in [0.25, 0.3) is 0 Å². The Morgan fingerprint density at radius 2 is 1.64 bits per heavy atom. The standard InChI is InChI=1S/C9H19N3O2/c1-7(2)8(13)10-5-6-11-9(14)12(3)4/h7H,5-6H2,1-4H3,(H,10,13)(H,11,14). The molecule has 0 saturated carbocycles. The van der Waals surface area contributed by atoms with Crippen molar-refractivity contribution in [2.45, 2.75) is 13.8 Å². The zero-order valence-corrected chi connectivity index (χ0v) is 9.26. The summed E-state index contributed by atoms with van der Waals surface area (Å²) in [6, 6.07) is -0.149. The first kappa shape index (κ1) is 12.7. The van der Waals surface area contributed by atoms with Crippen molar-refractivity contribution in [1.82, 2.24) is 15.5 Å². The van der Waals surface area contributed by atoms with Gasteiger partial charge in [0.2, 0.25) is 5.91 Å². The maximum absolute atomic E-state index is 11.1. The summed E-state index contributed by atoms with van der Waals surface area (Å²) in [5.41, 5.74) is 0. The predicted octanol–water partition coefficient (Wildman–Crippen LogP) is 0.0298. The van der Waals surface area contributed by atoms with Gasteiger partial charge in [0.25, 0.3) is 0 Å². The molecule has 0 aromatic carbocycles. The molecule has 0 aliphatic rings. The molecular weight excluding hydrogens is 182 g/mol. The first-order valence-electron chi connectivity index (χ1n) is 4.68. The van der Waals surface area contributed by atoms with Crippen molar-refractivity contribution < 1.29 is 9.59 Å². The molecule has 0 aliphatic carbocycles. The minimum Gasteiger partial charge on any atom is -0.354 e. The summed E-state index contributed by atoms with van der Waals surface area (Å²) in [4.78, 5) is 23.6. The summed E-state index contributed by atoms with van der Waals surface area (Å²) < 4.78 is 0. The molecule has 5 heteroatoms. The van der Waals surface area contributed by atoms with Gasteiger partial charge in [-0.25, -0.2) is 4.79 Å². The van der Waals surface area contributed by atoms with Crippen LogP contribution in [0, 0.1) is 5.92 Å². The largest absolute Gasteiger partial charge is 0.354 e. The molecule has 0 fully saturated rings. The van der Waals surface area contributed by atoms with Crippen molar-refractivity contribution in [3.05, 3.63) is 0 Å². The lowest BCUT2D eigenvalue weighted by atomic mass is 10.2. The molecular formula is C9H19N3O2. The molecule has 0 rings (SSSR count). The molecule has 0 aromatic heterocycles. The van der Waals surface area contributed by atoms with Crippen molar-refractivity contribution in [3.63, 3.8) is 0 Å². The third kappa shape index (κ3) is 5.40. The molecule has 14 heavy (non-hydrogen) atoms. The molecule has 0 unspecified atom stereocenters. The molecule has 0 saturated heterocycles. The van der Waals surface area contributed by atoms with E-state index < -0.39 is 0 Å². The van der Waals surface area contributed by atoms with Crippen LogP contribution in [0.4, 0.5) is 4.79 Å². The zero-order chi connectivity index (χ0) is 11.1. The van der Waals surface area contributed by atoms with Crippen molar-refractivity contribution >= 4 is 11.9 Å². The molecule has 0 spiro atoms. The zero-order valence-electron chi connectivity index (χ0n) is 9.26. The molecule has 2 N–H and O–H groups in total. The smallest absolute Gasteiger partial charge is 0.316 e. The molecule has 0 aromatic rings. The predicted molar refractivity (Wildman–Crippen MR) is 54.9 cm³/mol. The van der Waals surface area contributed by atoms with Crippen LogP contribution < -0.4 is 10.6 Å². The lowest BCUT2D eigenvalue weighted by Crippen LogP contribution is -2.40. The van der Waals surface area contributed by atoms with Crippen LogP contribution in [0.2, 0.25) is 0 Å². The molecule has 0 radical (unpaired) electrons. The average Bonchev–Trinajstić information content (AvgIpc) is 2.11. The number of nitrogens with zero attached hydrogens (tertiary/aromatic N) is 1. The van der Waals surface area contributed by atoms with Crippen LogP contribution in [0.5, 0.6) is 0 Å². The Morgan fingerprint density at radius 1 is 1.14 bits per heavy atom. The second-order valence-corrected chi connectivity index (χ2v) is 3.57. The van der Waals surface area contributed by atoms with Crippen LogP contribution in [0.3, 0.4) is 0 Å². The van der Waals surface area contributed by atoms with Gasteiger partial charge in [0.1, 0.15) is 0 Å². The Balaban J connectivity index is 3.48. The SMILES string of the molecule is CC(C)C(=O)NCCNC(=O)N(C)C. The third-order valence-corrected chi connectivity index (χ3v) is 1.63. The van der Waals surface area contributed by atoms with E-state index in [2.05, 4.69) is 10.6 Å². The highest BCUT2D eigenvalue weighted by Crippen LogP contribution is 1.88. The van der Waals surface area contributed by atoms with E-state index >= 15 is 0 Å². The number of rotatable bonds is 4. The molecule has 5 nitrogen and oxygen atoms in total. The quantitative estimate of drug-likeness (QED) is 0.630.